The second-order valence-electron chi connectivity index (χ2n) is 9.47. The molecule has 4 atom stereocenters. The molecular formula is C23H31FN4O4. The Kier molecular flexibility index (Phi) is 6.71. The molecule has 0 spiro atoms. The molecule has 0 bridgehead atoms. The quantitative estimate of drug-likeness (QED) is 0.503. The first-order valence-corrected chi connectivity index (χ1v) is 10.7. The van der Waals surface area contributed by atoms with Crippen LogP contribution in [-0.2, 0) is 9.59 Å². The number of aromatic nitrogens is 1. The van der Waals surface area contributed by atoms with Crippen LogP contribution in [0.2, 0.25) is 0 Å². The van der Waals surface area contributed by atoms with Crippen LogP contribution in [0.4, 0.5) is 4.39 Å². The smallest absolute Gasteiger partial charge is 0.246 e. The number of nitrogens with zero attached hydrogens (tertiary/aromatic N) is 1. The number of fused-ring (bicyclic) bond motifs is 1. The monoisotopic (exact) mass is 446 g/mol. The maximum atomic E-state index is 13.5. The third-order valence-corrected chi connectivity index (χ3v) is 6.00. The summed E-state index contributed by atoms with van der Waals surface area (Å²) in [4.78, 5) is 43.7. The van der Waals surface area contributed by atoms with E-state index >= 15 is 0 Å². The number of ketones is 1. The van der Waals surface area contributed by atoms with E-state index in [1.807, 2.05) is 20.8 Å². The molecule has 0 saturated carbocycles. The first-order valence-electron chi connectivity index (χ1n) is 10.7. The highest BCUT2D eigenvalue weighted by molar-refractivity contribution is 6.11. The van der Waals surface area contributed by atoms with Crippen LogP contribution in [0.1, 0.15) is 44.5 Å². The van der Waals surface area contributed by atoms with Gasteiger partial charge in [-0.15, -0.1) is 0 Å². The first-order chi connectivity index (χ1) is 14.9. The molecule has 3 rings (SSSR count). The third kappa shape index (κ3) is 4.68. The molecule has 0 aliphatic carbocycles. The summed E-state index contributed by atoms with van der Waals surface area (Å²) < 4.78 is 13.5. The van der Waals surface area contributed by atoms with Gasteiger partial charge in [0.05, 0.1) is 18.2 Å². The Balaban J connectivity index is 1.91. The molecule has 2 aromatic rings. The van der Waals surface area contributed by atoms with E-state index in [-0.39, 0.29) is 24.7 Å². The minimum absolute atomic E-state index is 0.00371. The SMILES string of the molecule is CNC(C)C(=O)NC(C(=O)N1CC(O)CC1C(=O)c1c[nH]c2cc(F)ccc12)C(C)(C)C. The lowest BCUT2D eigenvalue weighted by atomic mass is 9.85. The number of benzene rings is 1. The van der Waals surface area contributed by atoms with Gasteiger partial charge in [0.1, 0.15) is 11.9 Å². The zero-order valence-electron chi connectivity index (χ0n) is 19.0. The number of aliphatic hydroxyl groups is 1. The summed E-state index contributed by atoms with van der Waals surface area (Å²) in [7, 11) is 1.65. The average Bonchev–Trinajstić information content (AvgIpc) is 3.32. The topological polar surface area (TPSA) is 115 Å². The van der Waals surface area contributed by atoms with Gasteiger partial charge in [-0.1, -0.05) is 20.8 Å². The van der Waals surface area contributed by atoms with E-state index in [1.54, 1.807) is 14.0 Å². The highest BCUT2D eigenvalue weighted by atomic mass is 19.1. The Hall–Kier alpha value is -2.78. The van der Waals surface area contributed by atoms with Crippen LogP contribution in [0, 0.1) is 11.2 Å². The van der Waals surface area contributed by atoms with E-state index in [1.165, 1.54) is 29.3 Å². The van der Waals surface area contributed by atoms with Gasteiger partial charge in [-0.3, -0.25) is 14.4 Å². The molecule has 1 aromatic heterocycles. The van der Waals surface area contributed by atoms with Crippen LogP contribution in [0.15, 0.2) is 24.4 Å². The largest absolute Gasteiger partial charge is 0.391 e. The molecular weight excluding hydrogens is 415 g/mol. The van der Waals surface area contributed by atoms with Crippen molar-refractivity contribution in [1.82, 2.24) is 20.5 Å². The van der Waals surface area contributed by atoms with E-state index in [0.717, 1.165) is 0 Å². The van der Waals surface area contributed by atoms with Crippen molar-refractivity contribution in [2.45, 2.75) is 58.3 Å². The van der Waals surface area contributed by atoms with E-state index < -0.39 is 41.4 Å². The molecule has 4 unspecified atom stereocenters. The van der Waals surface area contributed by atoms with Crippen molar-refractivity contribution < 1.29 is 23.9 Å². The van der Waals surface area contributed by atoms with Crippen molar-refractivity contribution in [3.8, 4) is 0 Å². The molecule has 1 saturated heterocycles. The summed E-state index contributed by atoms with van der Waals surface area (Å²) >= 11 is 0. The zero-order valence-corrected chi connectivity index (χ0v) is 19.0. The minimum atomic E-state index is -0.886. The highest BCUT2D eigenvalue weighted by Gasteiger charge is 2.45. The number of Topliss-reactive ketones (excluding diaryl/α,β-unsaturated/α-hetero) is 1. The second-order valence-corrected chi connectivity index (χ2v) is 9.47. The summed E-state index contributed by atoms with van der Waals surface area (Å²) in [5.74, 6) is -1.52. The number of rotatable bonds is 6. The maximum absolute atomic E-state index is 13.5. The van der Waals surface area contributed by atoms with Gasteiger partial charge in [-0.05, 0) is 37.6 Å². The number of carbonyl (C=O) groups is 3. The molecule has 0 radical (unpaired) electrons. The van der Waals surface area contributed by atoms with Crippen LogP contribution in [-0.4, -0.2) is 70.4 Å². The summed E-state index contributed by atoms with van der Waals surface area (Å²) in [6.45, 7) is 7.17. The number of halogens is 1. The van der Waals surface area contributed by atoms with Gasteiger partial charge in [-0.25, -0.2) is 4.39 Å². The van der Waals surface area contributed by atoms with Crippen molar-refractivity contribution >= 4 is 28.5 Å². The standard InChI is InChI=1S/C23H31FN4O4/c1-12(25-5)21(31)27-20(23(2,3)4)22(32)28-11-14(29)9-18(28)19(30)16-10-26-17-8-13(24)6-7-15(16)17/h6-8,10,12,14,18,20,25-26,29H,9,11H2,1-5H3,(H,27,31). The first kappa shape index (κ1) is 23.9. The number of hydrogen-bond acceptors (Lipinski definition) is 5. The summed E-state index contributed by atoms with van der Waals surface area (Å²) in [6.07, 6.45) is 0.733. The number of aliphatic hydroxyl groups excluding tert-OH is 1. The molecule has 9 heteroatoms. The average molecular weight is 447 g/mol. The Morgan fingerprint density at radius 2 is 1.97 bits per heavy atom. The van der Waals surface area contributed by atoms with Gasteiger partial charge in [0.15, 0.2) is 5.78 Å². The number of aromatic amines is 1. The third-order valence-electron chi connectivity index (χ3n) is 6.00. The van der Waals surface area contributed by atoms with Crippen LogP contribution in [0.3, 0.4) is 0 Å². The van der Waals surface area contributed by atoms with E-state index in [9.17, 15) is 23.9 Å². The summed E-state index contributed by atoms with van der Waals surface area (Å²) in [5, 5.41) is 16.5. The fourth-order valence-corrected chi connectivity index (χ4v) is 4.00. The molecule has 2 heterocycles. The maximum Gasteiger partial charge on any atom is 0.246 e. The van der Waals surface area contributed by atoms with Crippen molar-refractivity contribution in [2.75, 3.05) is 13.6 Å². The molecule has 8 nitrogen and oxygen atoms in total. The number of likely N-dealkylation sites (tertiary alicyclic amines) is 1. The fourth-order valence-electron chi connectivity index (χ4n) is 4.00. The van der Waals surface area contributed by atoms with E-state index in [2.05, 4.69) is 15.6 Å². The number of hydrogen-bond donors (Lipinski definition) is 4. The summed E-state index contributed by atoms with van der Waals surface area (Å²) in [6, 6.07) is 1.82. The van der Waals surface area contributed by atoms with E-state index in [4.69, 9.17) is 0 Å². The van der Waals surface area contributed by atoms with Gasteiger partial charge < -0.3 is 25.6 Å². The molecule has 1 fully saturated rings. The van der Waals surface area contributed by atoms with Crippen molar-refractivity contribution in [3.63, 3.8) is 0 Å². The van der Waals surface area contributed by atoms with Crippen LogP contribution >= 0.6 is 0 Å². The lowest BCUT2D eigenvalue weighted by Gasteiger charge is -2.35. The van der Waals surface area contributed by atoms with Gasteiger partial charge in [0.2, 0.25) is 11.8 Å². The normalized spacial score (nSPS) is 20.9. The summed E-state index contributed by atoms with van der Waals surface area (Å²) in [5.41, 5.74) is 0.183. The number of likely N-dealkylation sites (N-methyl/N-ethyl adjacent to an activating group) is 1. The Labute approximate surface area is 186 Å². The molecule has 2 amide bonds. The van der Waals surface area contributed by atoms with Gasteiger partial charge >= 0.3 is 0 Å². The molecule has 1 aliphatic rings. The van der Waals surface area contributed by atoms with Gasteiger partial charge in [0, 0.05) is 35.6 Å². The highest BCUT2D eigenvalue weighted by Crippen LogP contribution is 2.29. The number of H-pyrrole nitrogens is 1. The zero-order chi connectivity index (χ0) is 23.8. The molecule has 174 valence electrons. The minimum Gasteiger partial charge on any atom is -0.391 e. The van der Waals surface area contributed by atoms with Gasteiger partial charge in [-0.2, -0.15) is 0 Å². The van der Waals surface area contributed by atoms with Crippen LogP contribution in [0.5, 0.6) is 0 Å². The van der Waals surface area contributed by atoms with Crippen molar-refractivity contribution in [2.24, 2.45) is 5.41 Å². The predicted octanol–water partition coefficient (Wildman–Crippen LogP) is 1.59. The number of nitrogens with one attached hydrogen (secondary N) is 3. The van der Waals surface area contributed by atoms with Crippen molar-refractivity contribution in [1.29, 1.82) is 0 Å². The Bertz CT molecular complexity index is 1030. The Morgan fingerprint density at radius 3 is 2.59 bits per heavy atom. The molecule has 1 aliphatic heterocycles. The van der Waals surface area contributed by atoms with Crippen LogP contribution < -0.4 is 10.6 Å². The van der Waals surface area contributed by atoms with Crippen LogP contribution in [0.25, 0.3) is 10.9 Å². The predicted molar refractivity (Wildman–Crippen MR) is 119 cm³/mol. The molecule has 32 heavy (non-hydrogen) atoms. The van der Waals surface area contributed by atoms with Crippen molar-refractivity contribution in [3.05, 3.63) is 35.8 Å². The lowest BCUT2D eigenvalue weighted by Crippen LogP contribution is -2.58. The lowest BCUT2D eigenvalue weighted by molar-refractivity contribution is -0.140. The van der Waals surface area contributed by atoms with E-state index in [0.29, 0.717) is 16.5 Å². The Morgan fingerprint density at radius 1 is 1.28 bits per heavy atom. The second kappa shape index (κ2) is 8.99. The fraction of sp³-hybridized carbons (Fsp3) is 0.522. The number of amides is 2. The number of carbonyl (C=O) groups excluding carboxylic acids is 3. The molecule has 4 N–H and O–H groups in total. The number of β-amino-alcohol motifs (C(OH)–C–C–N with tert-alkyl or cyclic N) is 1. The molecule has 1 aromatic carbocycles. The van der Waals surface area contributed by atoms with Gasteiger partial charge in [0.25, 0.3) is 0 Å².